The zero-order valence-electron chi connectivity index (χ0n) is 32.6. The zero-order chi connectivity index (χ0) is 39.0. The second-order valence-corrected chi connectivity index (χ2v) is 16.8. The van der Waals surface area contributed by atoms with Crippen LogP contribution in [0.25, 0.3) is 121 Å². The van der Waals surface area contributed by atoms with Crippen molar-refractivity contribution in [3.63, 3.8) is 0 Å². The summed E-state index contributed by atoms with van der Waals surface area (Å²) in [4.78, 5) is 0. The summed E-state index contributed by atoms with van der Waals surface area (Å²) in [5, 5.41) is 12.0. The Bertz CT molecular complexity index is 3740. The fourth-order valence-electron chi connectivity index (χ4n) is 10.3. The van der Waals surface area contributed by atoms with Crippen LogP contribution < -0.4 is 0 Å². The number of hydrogen-bond donors (Lipinski definition) is 0. The summed E-state index contributed by atoms with van der Waals surface area (Å²) >= 11 is 0. The van der Waals surface area contributed by atoms with Gasteiger partial charge >= 0.3 is 0 Å². The van der Waals surface area contributed by atoms with Gasteiger partial charge in [0.1, 0.15) is 22.3 Å². The average molecular weight is 753 g/mol. The first kappa shape index (κ1) is 32.6. The molecular weight excluding hydrogens is 717 g/mol. The summed E-state index contributed by atoms with van der Waals surface area (Å²) in [5.74, 6) is 0. The van der Waals surface area contributed by atoms with E-state index in [9.17, 15) is 0 Å². The summed E-state index contributed by atoms with van der Waals surface area (Å²) < 4.78 is 12.6. The van der Waals surface area contributed by atoms with Crippen molar-refractivity contribution in [3.05, 3.63) is 193 Å². The molecule has 2 heterocycles. The number of para-hydroxylation sites is 1. The summed E-state index contributed by atoms with van der Waals surface area (Å²) in [6.45, 7) is 4.71. The molecule has 13 rings (SSSR count). The van der Waals surface area contributed by atoms with Crippen LogP contribution in [0.1, 0.15) is 25.0 Å². The maximum atomic E-state index is 6.39. The van der Waals surface area contributed by atoms with E-state index >= 15 is 0 Å². The predicted molar refractivity (Wildman–Crippen MR) is 247 cm³/mol. The minimum Gasteiger partial charge on any atom is -0.456 e. The molecule has 0 bridgehead atoms. The molecule has 2 aromatic heterocycles. The molecule has 2 heteroatoms. The van der Waals surface area contributed by atoms with Crippen LogP contribution in [0.15, 0.2) is 191 Å². The number of fused-ring (bicyclic) bond motifs is 15. The van der Waals surface area contributed by atoms with Gasteiger partial charge in [0, 0.05) is 27.0 Å². The van der Waals surface area contributed by atoms with Crippen LogP contribution >= 0.6 is 0 Å². The molecule has 0 saturated heterocycles. The number of furan rings is 2. The van der Waals surface area contributed by atoms with Crippen molar-refractivity contribution < 1.29 is 8.83 Å². The molecule has 0 radical (unpaired) electrons. The second-order valence-electron chi connectivity index (χ2n) is 16.8. The van der Waals surface area contributed by atoms with Gasteiger partial charge in [0.15, 0.2) is 0 Å². The van der Waals surface area contributed by atoms with Crippen molar-refractivity contribution in [1.29, 1.82) is 0 Å². The monoisotopic (exact) mass is 752 g/mol. The van der Waals surface area contributed by atoms with Crippen LogP contribution in [0.5, 0.6) is 0 Å². The lowest BCUT2D eigenvalue weighted by Crippen LogP contribution is -2.14. The van der Waals surface area contributed by atoms with E-state index in [2.05, 4.69) is 178 Å². The van der Waals surface area contributed by atoms with E-state index in [4.69, 9.17) is 8.83 Å². The molecule has 0 atom stereocenters. The van der Waals surface area contributed by atoms with Gasteiger partial charge in [-0.05, 0) is 143 Å². The Balaban J connectivity index is 0.900. The highest BCUT2D eigenvalue weighted by atomic mass is 16.3. The molecule has 0 saturated carbocycles. The van der Waals surface area contributed by atoms with Gasteiger partial charge in [-0.3, -0.25) is 0 Å². The van der Waals surface area contributed by atoms with E-state index in [-0.39, 0.29) is 5.41 Å². The van der Waals surface area contributed by atoms with Crippen LogP contribution in [-0.4, -0.2) is 0 Å². The van der Waals surface area contributed by atoms with Crippen LogP contribution in [-0.2, 0) is 5.41 Å². The molecule has 0 amide bonds. The lowest BCUT2D eigenvalue weighted by Gasteiger charge is -2.22. The van der Waals surface area contributed by atoms with E-state index in [1.165, 1.54) is 82.4 Å². The van der Waals surface area contributed by atoms with Crippen LogP contribution in [0.4, 0.5) is 0 Å². The smallest absolute Gasteiger partial charge is 0.136 e. The standard InChI is InChI=1S/C57H36O2/c1-57(2)51-16-7-5-14-43(51)44-24-20-38(30-52(44)57)36-19-23-42-41-22-18-35(27-46(41)39-12-3-4-13-40(39)47(42)28-36)33-10-9-11-34(26-33)37-21-25-54-48(29-37)50-32-55-49(31-56(50)59-54)45-15-6-8-17-53(45)58-55/h3-32H,1-2H3. The quantitative estimate of drug-likeness (QED) is 0.168. The first-order chi connectivity index (χ1) is 29.0. The van der Waals surface area contributed by atoms with Gasteiger partial charge in [0.25, 0.3) is 0 Å². The number of hydrogen-bond acceptors (Lipinski definition) is 2. The summed E-state index contributed by atoms with van der Waals surface area (Å²) in [6.07, 6.45) is 0. The lowest BCUT2D eigenvalue weighted by atomic mass is 9.81. The predicted octanol–water partition coefficient (Wildman–Crippen LogP) is 16.3. The van der Waals surface area contributed by atoms with E-state index in [0.717, 1.165) is 49.4 Å². The fraction of sp³-hybridized carbons (Fsp3) is 0.0526. The van der Waals surface area contributed by atoms with E-state index in [1.54, 1.807) is 0 Å². The fourth-order valence-corrected chi connectivity index (χ4v) is 10.3. The highest BCUT2D eigenvalue weighted by Crippen LogP contribution is 2.50. The van der Waals surface area contributed by atoms with Gasteiger partial charge in [0.05, 0.1) is 0 Å². The Morgan fingerprint density at radius 2 is 0.729 bits per heavy atom. The molecule has 10 aromatic carbocycles. The van der Waals surface area contributed by atoms with Crippen LogP contribution in [0.2, 0.25) is 0 Å². The number of rotatable bonds is 3. The summed E-state index contributed by atoms with van der Waals surface area (Å²) in [6, 6.07) is 66.7. The average Bonchev–Trinajstić information content (AvgIpc) is 3.91. The van der Waals surface area contributed by atoms with E-state index in [0.29, 0.717) is 0 Å². The molecule has 0 spiro atoms. The molecule has 0 unspecified atom stereocenters. The van der Waals surface area contributed by atoms with Gasteiger partial charge in [-0.15, -0.1) is 0 Å². The van der Waals surface area contributed by atoms with E-state index < -0.39 is 0 Å². The van der Waals surface area contributed by atoms with Crippen molar-refractivity contribution >= 4 is 76.2 Å². The summed E-state index contributed by atoms with van der Waals surface area (Å²) in [5.41, 5.74) is 16.2. The van der Waals surface area contributed by atoms with Crippen molar-refractivity contribution in [1.82, 2.24) is 0 Å². The highest BCUT2D eigenvalue weighted by molar-refractivity contribution is 6.26. The maximum Gasteiger partial charge on any atom is 0.136 e. The van der Waals surface area contributed by atoms with E-state index in [1.807, 2.05) is 18.2 Å². The Kier molecular flexibility index (Phi) is 6.54. The van der Waals surface area contributed by atoms with Crippen molar-refractivity contribution in [2.24, 2.45) is 0 Å². The third-order valence-electron chi connectivity index (χ3n) is 13.3. The largest absolute Gasteiger partial charge is 0.456 e. The molecule has 276 valence electrons. The molecule has 1 aliphatic rings. The highest BCUT2D eigenvalue weighted by Gasteiger charge is 2.35. The Morgan fingerprint density at radius 3 is 1.42 bits per heavy atom. The number of benzene rings is 10. The molecule has 0 N–H and O–H groups in total. The normalized spacial score (nSPS) is 13.4. The Hall–Kier alpha value is -7.42. The minimum absolute atomic E-state index is 0.0364. The molecule has 0 fully saturated rings. The first-order valence-corrected chi connectivity index (χ1v) is 20.5. The van der Waals surface area contributed by atoms with Crippen LogP contribution in [0.3, 0.4) is 0 Å². The van der Waals surface area contributed by atoms with Crippen molar-refractivity contribution in [2.75, 3.05) is 0 Å². The SMILES string of the molecule is CC1(C)c2ccccc2-c2ccc(-c3ccc4c5ccc(-c6cccc(-c7ccc8oc9cc%10c(cc9c8c7)oc7ccccc7%10)c6)cc5c5ccccc5c4c3)cc21. The molecule has 0 aliphatic heterocycles. The Morgan fingerprint density at radius 1 is 0.271 bits per heavy atom. The first-order valence-electron chi connectivity index (χ1n) is 20.5. The third kappa shape index (κ3) is 4.69. The zero-order valence-corrected chi connectivity index (χ0v) is 32.6. The molecule has 1 aliphatic carbocycles. The van der Waals surface area contributed by atoms with Gasteiger partial charge in [0.2, 0.25) is 0 Å². The van der Waals surface area contributed by atoms with Gasteiger partial charge in [-0.2, -0.15) is 0 Å². The second kappa shape index (κ2) is 11.8. The molecule has 12 aromatic rings. The van der Waals surface area contributed by atoms with Crippen molar-refractivity contribution in [3.8, 4) is 44.5 Å². The van der Waals surface area contributed by atoms with Crippen molar-refractivity contribution in [2.45, 2.75) is 19.3 Å². The summed E-state index contributed by atoms with van der Waals surface area (Å²) in [7, 11) is 0. The minimum atomic E-state index is -0.0364. The van der Waals surface area contributed by atoms with Crippen LogP contribution in [0, 0.1) is 0 Å². The molecular formula is C57H36O2. The van der Waals surface area contributed by atoms with Gasteiger partial charge in [-0.25, -0.2) is 0 Å². The molecule has 59 heavy (non-hydrogen) atoms. The molecule has 2 nitrogen and oxygen atoms in total. The topological polar surface area (TPSA) is 26.3 Å². The Labute approximate surface area is 340 Å². The lowest BCUT2D eigenvalue weighted by molar-refractivity contribution is 0.660. The maximum absolute atomic E-state index is 6.39. The van der Waals surface area contributed by atoms with Gasteiger partial charge in [-0.1, -0.05) is 141 Å². The third-order valence-corrected chi connectivity index (χ3v) is 13.3. The van der Waals surface area contributed by atoms with Gasteiger partial charge < -0.3 is 8.83 Å².